The van der Waals surface area contributed by atoms with E-state index in [1.54, 1.807) is 12.1 Å². The predicted molar refractivity (Wildman–Crippen MR) is 97.4 cm³/mol. The molecular weight excluding hydrogens is 372 g/mol. The number of methoxy groups -OCH3 is 1. The second-order valence-corrected chi connectivity index (χ2v) is 5.80. The number of para-hydroxylation sites is 1. The van der Waals surface area contributed by atoms with E-state index in [1.165, 1.54) is 7.11 Å². The molecule has 0 spiro atoms. The van der Waals surface area contributed by atoms with E-state index < -0.39 is 0 Å². The molecule has 0 aliphatic rings. The smallest absolute Gasteiger partial charge is 0.175 e. The van der Waals surface area contributed by atoms with Crippen molar-refractivity contribution in [1.29, 1.82) is 0 Å². The Morgan fingerprint density at radius 1 is 1.12 bits per heavy atom. The maximum Gasteiger partial charge on any atom is 0.175 e. The highest BCUT2D eigenvalue weighted by atomic mass is 79.9. The number of halogens is 1. The van der Waals surface area contributed by atoms with E-state index >= 15 is 0 Å². The maximum atomic E-state index is 10.9. The van der Waals surface area contributed by atoms with Crippen molar-refractivity contribution in [2.24, 2.45) is 0 Å². The van der Waals surface area contributed by atoms with Gasteiger partial charge in [0.25, 0.3) is 0 Å². The van der Waals surface area contributed by atoms with E-state index in [-0.39, 0.29) is 0 Å². The molecule has 24 heavy (non-hydrogen) atoms. The monoisotopic (exact) mass is 390 g/mol. The third kappa shape index (κ3) is 4.61. The first-order valence-electron chi connectivity index (χ1n) is 7.46. The van der Waals surface area contributed by atoms with Crippen LogP contribution < -0.4 is 14.2 Å². The molecule has 0 aromatic heterocycles. The van der Waals surface area contributed by atoms with Gasteiger partial charge < -0.3 is 14.2 Å². The molecule has 0 heterocycles. The molecule has 5 heteroatoms. The first kappa shape index (κ1) is 18.1. The summed E-state index contributed by atoms with van der Waals surface area (Å²) in [6, 6.07) is 11.2. The number of allylic oxidation sites excluding steroid dienone is 1. The van der Waals surface area contributed by atoms with Gasteiger partial charge in [0.2, 0.25) is 0 Å². The Bertz CT molecular complexity index is 713. The molecule has 2 aromatic rings. The Morgan fingerprint density at radius 3 is 2.58 bits per heavy atom. The van der Waals surface area contributed by atoms with E-state index in [4.69, 9.17) is 14.2 Å². The quantitative estimate of drug-likeness (QED) is 0.360. The van der Waals surface area contributed by atoms with Gasteiger partial charge in [-0.05, 0) is 46.1 Å². The van der Waals surface area contributed by atoms with Crippen molar-refractivity contribution >= 4 is 22.2 Å². The Morgan fingerprint density at radius 2 is 1.88 bits per heavy atom. The molecule has 0 bridgehead atoms. The number of carbonyl (C=O) groups is 1. The zero-order chi connectivity index (χ0) is 17.4. The van der Waals surface area contributed by atoms with Crippen LogP contribution >= 0.6 is 15.9 Å². The highest BCUT2D eigenvalue weighted by Crippen LogP contribution is 2.36. The second-order valence-electron chi connectivity index (χ2n) is 4.95. The van der Waals surface area contributed by atoms with Crippen molar-refractivity contribution in [1.82, 2.24) is 0 Å². The largest absolute Gasteiger partial charge is 0.493 e. The summed E-state index contributed by atoms with van der Waals surface area (Å²) in [5.74, 6) is 1.87. The Kier molecular flexibility index (Phi) is 6.88. The molecule has 2 rings (SSSR count). The molecule has 2 aromatic carbocycles. The van der Waals surface area contributed by atoms with Crippen molar-refractivity contribution < 1.29 is 19.0 Å². The van der Waals surface area contributed by atoms with Gasteiger partial charge in [-0.2, -0.15) is 0 Å². The summed E-state index contributed by atoms with van der Waals surface area (Å²) < 4.78 is 17.5. The number of rotatable bonds is 9. The summed E-state index contributed by atoms with van der Waals surface area (Å²) in [5, 5.41) is 0. The predicted octanol–water partition coefficient (Wildman–Crippen LogP) is 4.46. The van der Waals surface area contributed by atoms with Crippen LogP contribution in [0.3, 0.4) is 0 Å². The number of benzene rings is 2. The zero-order valence-corrected chi connectivity index (χ0v) is 15.0. The average molecular weight is 391 g/mol. The standard InChI is InChI=1S/C19H19BrO4/c1-3-6-15-7-4-5-8-17(15)23-9-10-24-19-16(20)11-14(13-21)12-18(19)22-2/h3-5,7-8,11-13H,1,6,9-10H2,2H3. The lowest BCUT2D eigenvalue weighted by Crippen LogP contribution is -2.11. The van der Waals surface area contributed by atoms with Gasteiger partial charge in [0, 0.05) is 5.56 Å². The van der Waals surface area contributed by atoms with Crippen LogP contribution in [0.25, 0.3) is 0 Å². The minimum Gasteiger partial charge on any atom is -0.493 e. The number of ether oxygens (including phenoxy) is 3. The molecule has 4 nitrogen and oxygen atoms in total. The van der Waals surface area contributed by atoms with Gasteiger partial charge in [0.15, 0.2) is 11.5 Å². The molecule has 0 radical (unpaired) electrons. The molecule has 0 saturated carbocycles. The van der Waals surface area contributed by atoms with Gasteiger partial charge in [0.05, 0.1) is 11.6 Å². The molecule has 0 amide bonds. The van der Waals surface area contributed by atoms with Crippen molar-refractivity contribution in [3.63, 3.8) is 0 Å². The lowest BCUT2D eigenvalue weighted by molar-refractivity contribution is 0.112. The van der Waals surface area contributed by atoms with Gasteiger partial charge in [-0.15, -0.1) is 6.58 Å². The first-order valence-corrected chi connectivity index (χ1v) is 8.26. The van der Waals surface area contributed by atoms with Crippen LogP contribution in [0.5, 0.6) is 17.2 Å². The lowest BCUT2D eigenvalue weighted by Gasteiger charge is -2.14. The molecule has 0 unspecified atom stereocenters. The average Bonchev–Trinajstić information content (AvgIpc) is 2.60. The van der Waals surface area contributed by atoms with E-state index in [1.807, 2.05) is 30.3 Å². The summed E-state index contributed by atoms with van der Waals surface area (Å²) in [6.45, 7) is 4.49. The highest BCUT2D eigenvalue weighted by molar-refractivity contribution is 9.10. The fourth-order valence-corrected chi connectivity index (χ4v) is 2.79. The van der Waals surface area contributed by atoms with Crippen molar-refractivity contribution in [3.05, 3.63) is 64.7 Å². The Labute approximate surface area is 150 Å². The highest BCUT2D eigenvalue weighted by Gasteiger charge is 2.11. The maximum absolute atomic E-state index is 10.9. The minimum atomic E-state index is 0.345. The molecule has 126 valence electrons. The van der Waals surface area contributed by atoms with Gasteiger partial charge >= 0.3 is 0 Å². The topological polar surface area (TPSA) is 44.8 Å². The third-order valence-electron chi connectivity index (χ3n) is 3.31. The van der Waals surface area contributed by atoms with E-state index in [0.29, 0.717) is 34.7 Å². The van der Waals surface area contributed by atoms with Crippen LogP contribution in [-0.4, -0.2) is 26.6 Å². The molecular formula is C19H19BrO4. The normalized spacial score (nSPS) is 10.1. The molecule has 0 N–H and O–H groups in total. The van der Waals surface area contributed by atoms with Crippen LogP contribution in [0.2, 0.25) is 0 Å². The molecule has 0 saturated heterocycles. The number of carbonyl (C=O) groups excluding carboxylic acids is 1. The van der Waals surface area contributed by atoms with Crippen LogP contribution in [-0.2, 0) is 6.42 Å². The van der Waals surface area contributed by atoms with Crippen molar-refractivity contribution in [2.75, 3.05) is 20.3 Å². The van der Waals surface area contributed by atoms with Gasteiger partial charge in [-0.3, -0.25) is 4.79 Å². The van der Waals surface area contributed by atoms with E-state index in [0.717, 1.165) is 24.0 Å². The van der Waals surface area contributed by atoms with E-state index in [9.17, 15) is 4.79 Å². The molecule has 0 aliphatic heterocycles. The summed E-state index contributed by atoms with van der Waals surface area (Å²) in [7, 11) is 1.53. The van der Waals surface area contributed by atoms with Crippen molar-refractivity contribution in [3.8, 4) is 17.2 Å². The minimum absolute atomic E-state index is 0.345. The first-order chi connectivity index (χ1) is 11.7. The number of hydrogen-bond donors (Lipinski definition) is 0. The number of hydrogen-bond acceptors (Lipinski definition) is 4. The van der Waals surface area contributed by atoms with Crippen molar-refractivity contribution in [2.45, 2.75) is 6.42 Å². The summed E-state index contributed by atoms with van der Waals surface area (Å²) in [6.07, 6.45) is 3.36. The van der Waals surface area contributed by atoms with Crippen LogP contribution in [0.1, 0.15) is 15.9 Å². The van der Waals surface area contributed by atoms with Gasteiger partial charge in [-0.1, -0.05) is 24.3 Å². The molecule has 0 aliphatic carbocycles. The fourth-order valence-electron chi connectivity index (χ4n) is 2.21. The second kappa shape index (κ2) is 9.13. The Hall–Kier alpha value is -2.27. The molecule has 0 fully saturated rings. The molecule has 0 atom stereocenters. The zero-order valence-electron chi connectivity index (χ0n) is 13.5. The van der Waals surface area contributed by atoms with Crippen LogP contribution in [0, 0.1) is 0 Å². The van der Waals surface area contributed by atoms with Crippen LogP contribution in [0.4, 0.5) is 0 Å². The SMILES string of the molecule is C=CCc1ccccc1OCCOc1c(Br)cc(C=O)cc1OC. The summed E-state index contributed by atoms with van der Waals surface area (Å²) in [5.41, 5.74) is 1.60. The fraction of sp³-hybridized carbons (Fsp3) is 0.211. The number of aldehydes is 1. The van der Waals surface area contributed by atoms with E-state index in [2.05, 4.69) is 22.5 Å². The van der Waals surface area contributed by atoms with Gasteiger partial charge in [0.1, 0.15) is 25.2 Å². The van der Waals surface area contributed by atoms with Gasteiger partial charge in [-0.25, -0.2) is 0 Å². The third-order valence-corrected chi connectivity index (χ3v) is 3.90. The Balaban J connectivity index is 1.98. The summed E-state index contributed by atoms with van der Waals surface area (Å²) in [4.78, 5) is 10.9. The lowest BCUT2D eigenvalue weighted by atomic mass is 10.1. The summed E-state index contributed by atoms with van der Waals surface area (Å²) >= 11 is 3.39. The van der Waals surface area contributed by atoms with Crippen LogP contribution in [0.15, 0.2) is 53.5 Å².